The fourth-order valence-corrected chi connectivity index (χ4v) is 2.07. The van der Waals surface area contributed by atoms with Crippen LogP contribution >= 0.6 is 36.4 Å². The Hall–Kier alpha value is -0.880. The van der Waals surface area contributed by atoms with Gasteiger partial charge in [0.2, 0.25) is 0 Å². The zero-order valence-electron chi connectivity index (χ0n) is 13.7. The van der Waals surface area contributed by atoms with E-state index in [-0.39, 0.29) is 30.7 Å². The zero-order chi connectivity index (χ0) is 15.8. The minimum absolute atomic E-state index is 0. The summed E-state index contributed by atoms with van der Waals surface area (Å²) in [6, 6.07) is 3.09. The van der Waals surface area contributed by atoms with Crippen LogP contribution in [0.3, 0.4) is 0 Å². The summed E-state index contributed by atoms with van der Waals surface area (Å²) in [5.41, 5.74) is 6.49. The molecule has 134 valence electrons. The van der Waals surface area contributed by atoms with Gasteiger partial charge in [0.1, 0.15) is 5.75 Å². The van der Waals surface area contributed by atoms with Crippen LogP contribution in [-0.4, -0.2) is 44.6 Å². The highest BCUT2D eigenvalue weighted by Gasteiger charge is 2.14. The predicted molar refractivity (Wildman–Crippen MR) is 102 cm³/mol. The van der Waals surface area contributed by atoms with Crippen molar-refractivity contribution in [1.82, 2.24) is 10.2 Å². The molecule has 0 aromatic heterocycles. The molecule has 0 saturated carbocycles. The molecule has 0 aliphatic carbocycles. The number of nitrogens with zero attached hydrogens (tertiary/aromatic N) is 1. The Labute approximate surface area is 155 Å². The number of unbranched alkanes of at least 4 members (excludes halogenated alkanes) is 1. The molecule has 0 fully saturated rings. The van der Waals surface area contributed by atoms with Crippen LogP contribution in [0.2, 0.25) is 5.02 Å². The van der Waals surface area contributed by atoms with Crippen molar-refractivity contribution in [2.24, 2.45) is 0 Å². The maximum Gasteiger partial charge on any atom is 0.255 e. The Morgan fingerprint density at radius 1 is 1.35 bits per heavy atom. The molecule has 0 heterocycles. The lowest BCUT2D eigenvalue weighted by Crippen LogP contribution is -2.33. The fraction of sp³-hybridized carbons (Fsp3) is 0.533. The number of halogens is 3. The molecule has 0 atom stereocenters. The minimum Gasteiger partial charge on any atom is -0.496 e. The number of nitrogen functional groups attached to an aromatic ring is 1. The lowest BCUT2D eigenvalue weighted by atomic mass is 10.1. The van der Waals surface area contributed by atoms with E-state index < -0.39 is 0 Å². The molecular weight excluding hydrogens is 361 g/mol. The molecule has 3 N–H and O–H groups in total. The zero-order valence-corrected chi connectivity index (χ0v) is 16.1. The van der Waals surface area contributed by atoms with Crippen LogP contribution in [-0.2, 0) is 0 Å². The Kier molecular flexibility index (Phi) is 13.3. The van der Waals surface area contributed by atoms with Gasteiger partial charge in [-0.1, -0.05) is 24.9 Å². The molecule has 1 rings (SSSR count). The predicted octanol–water partition coefficient (Wildman–Crippen LogP) is 3.24. The number of nitrogens with one attached hydrogen (secondary N) is 1. The summed E-state index contributed by atoms with van der Waals surface area (Å²) in [5.74, 6) is 0.214. The molecule has 0 bridgehead atoms. The number of hydrogen-bond donors (Lipinski definition) is 2. The van der Waals surface area contributed by atoms with Crippen LogP contribution in [0.4, 0.5) is 5.69 Å². The van der Waals surface area contributed by atoms with E-state index in [0.29, 0.717) is 28.6 Å². The van der Waals surface area contributed by atoms with Gasteiger partial charge in [0.25, 0.3) is 5.91 Å². The number of rotatable bonds is 8. The van der Waals surface area contributed by atoms with E-state index >= 15 is 0 Å². The monoisotopic (exact) mass is 385 g/mol. The Morgan fingerprint density at radius 3 is 2.57 bits per heavy atom. The molecule has 0 spiro atoms. The summed E-state index contributed by atoms with van der Waals surface area (Å²) in [4.78, 5) is 14.4. The Balaban J connectivity index is 0. The first-order chi connectivity index (χ1) is 9.99. The van der Waals surface area contributed by atoms with E-state index in [9.17, 15) is 4.79 Å². The van der Waals surface area contributed by atoms with Crippen molar-refractivity contribution in [3.63, 3.8) is 0 Å². The van der Waals surface area contributed by atoms with Crippen molar-refractivity contribution in [3.05, 3.63) is 22.7 Å². The second-order valence-corrected chi connectivity index (χ2v) is 5.39. The lowest BCUT2D eigenvalue weighted by Gasteiger charge is -2.17. The molecule has 0 unspecified atom stereocenters. The normalized spacial score (nSPS) is 9.78. The van der Waals surface area contributed by atoms with Crippen molar-refractivity contribution in [3.8, 4) is 5.75 Å². The highest BCUT2D eigenvalue weighted by Crippen LogP contribution is 2.28. The average molecular weight is 387 g/mol. The number of benzene rings is 1. The Morgan fingerprint density at radius 2 is 2.00 bits per heavy atom. The first kappa shape index (κ1) is 24.4. The molecule has 0 aliphatic heterocycles. The van der Waals surface area contributed by atoms with E-state index in [4.69, 9.17) is 22.1 Å². The summed E-state index contributed by atoms with van der Waals surface area (Å²) < 4.78 is 5.17. The van der Waals surface area contributed by atoms with E-state index in [1.807, 2.05) is 7.05 Å². The third-order valence-corrected chi connectivity index (χ3v) is 3.56. The van der Waals surface area contributed by atoms with Gasteiger partial charge in [0, 0.05) is 19.2 Å². The number of amides is 1. The average Bonchev–Trinajstić information content (AvgIpc) is 2.47. The topological polar surface area (TPSA) is 67.6 Å². The summed E-state index contributed by atoms with van der Waals surface area (Å²) >= 11 is 5.96. The van der Waals surface area contributed by atoms with Crippen molar-refractivity contribution < 1.29 is 9.53 Å². The van der Waals surface area contributed by atoms with Gasteiger partial charge in [-0.3, -0.25) is 4.79 Å². The number of ether oxygens (including phenoxy) is 1. The second kappa shape index (κ2) is 12.5. The minimum atomic E-state index is -0.211. The van der Waals surface area contributed by atoms with Crippen molar-refractivity contribution in [2.45, 2.75) is 19.8 Å². The largest absolute Gasteiger partial charge is 0.496 e. The van der Waals surface area contributed by atoms with E-state index in [2.05, 4.69) is 17.1 Å². The van der Waals surface area contributed by atoms with Crippen LogP contribution < -0.4 is 15.8 Å². The maximum absolute atomic E-state index is 12.2. The second-order valence-electron chi connectivity index (χ2n) is 4.99. The quantitative estimate of drug-likeness (QED) is 0.673. The molecule has 1 amide bonds. The van der Waals surface area contributed by atoms with Crippen molar-refractivity contribution in [2.75, 3.05) is 39.5 Å². The van der Waals surface area contributed by atoms with E-state index in [0.717, 1.165) is 25.9 Å². The summed E-state index contributed by atoms with van der Waals surface area (Å²) in [5, 5.41) is 3.22. The van der Waals surface area contributed by atoms with Crippen LogP contribution in [0.25, 0.3) is 0 Å². The third kappa shape index (κ3) is 7.97. The van der Waals surface area contributed by atoms with Gasteiger partial charge in [-0.25, -0.2) is 0 Å². The molecule has 1 aromatic carbocycles. The highest BCUT2D eigenvalue weighted by molar-refractivity contribution is 6.33. The summed E-state index contributed by atoms with van der Waals surface area (Å²) in [6.07, 6.45) is 2.32. The van der Waals surface area contributed by atoms with Gasteiger partial charge in [-0.05, 0) is 26.1 Å². The number of nitrogens with two attached hydrogens (primary N) is 1. The molecule has 0 aliphatic rings. The lowest BCUT2D eigenvalue weighted by molar-refractivity contribution is 0.0947. The van der Waals surface area contributed by atoms with Crippen LogP contribution in [0.1, 0.15) is 30.1 Å². The highest BCUT2D eigenvalue weighted by atomic mass is 35.5. The fourth-order valence-electron chi connectivity index (χ4n) is 1.91. The van der Waals surface area contributed by atoms with Gasteiger partial charge in [-0.15, -0.1) is 24.8 Å². The first-order valence-corrected chi connectivity index (χ1v) is 7.47. The standard InChI is InChI=1S/C15H24ClN3O2.2ClH/c1-4-5-7-19(2)8-6-18-15(20)11-9-12(16)13(17)10-14(11)21-3;;/h9-10H,4-8,17H2,1-3H3,(H,18,20);2*1H. The molecule has 1 aromatic rings. The number of carbonyl (C=O) groups is 1. The van der Waals surface area contributed by atoms with Gasteiger partial charge in [0.15, 0.2) is 0 Å². The molecule has 0 saturated heterocycles. The smallest absolute Gasteiger partial charge is 0.255 e. The number of carbonyl (C=O) groups excluding carboxylic acids is 1. The Bertz CT molecular complexity index is 487. The van der Waals surface area contributed by atoms with Gasteiger partial charge >= 0.3 is 0 Å². The maximum atomic E-state index is 12.2. The van der Waals surface area contributed by atoms with Crippen molar-refractivity contribution in [1.29, 1.82) is 0 Å². The van der Waals surface area contributed by atoms with E-state index in [1.54, 1.807) is 6.07 Å². The molecule has 8 heteroatoms. The number of likely N-dealkylation sites (N-methyl/N-ethyl adjacent to an activating group) is 1. The first-order valence-electron chi connectivity index (χ1n) is 7.09. The van der Waals surface area contributed by atoms with Gasteiger partial charge in [0.05, 0.1) is 23.4 Å². The van der Waals surface area contributed by atoms with Crippen LogP contribution in [0.15, 0.2) is 12.1 Å². The van der Waals surface area contributed by atoms with Gasteiger partial charge < -0.3 is 20.7 Å². The number of methoxy groups -OCH3 is 1. The van der Waals surface area contributed by atoms with E-state index in [1.165, 1.54) is 13.2 Å². The van der Waals surface area contributed by atoms with Gasteiger partial charge in [-0.2, -0.15) is 0 Å². The molecule has 5 nitrogen and oxygen atoms in total. The third-order valence-electron chi connectivity index (χ3n) is 3.24. The van der Waals surface area contributed by atoms with Crippen LogP contribution in [0, 0.1) is 0 Å². The SMILES string of the molecule is CCCCN(C)CCNC(=O)c1cc(Cl)c(N)cc1OC.Cl.Cl. The summed E-state index contributed by atoms with van der Waals surface area (Å²) in [7, 11) is 3.54. The number of hydrogen-bond acceptors (Lipinski definition) is 4. The molecular formula is C15H26Cl3N3O2. The molecule has 23 heavy (non-hydrogen) atoms. The van der Waals surface area contributed by atoms with Crippen molar-refractivity contribution >= 4 is 48.0 Å². The summed E-state index contributed by atoms with van der Waals surface area (Å²) in [6.45, 7) is 4.57. The number of anilines is 1. The molecule has 0 radical (unpaired) electrons. The van der Waals surface area contributed by atoms with Crippen LogP contribution in [0.5, 0.6) is 5.75 Å².